The highest BCUT2D eigenvalue weighted by Gasteiger charge is 2.09. The Kier molecular flexibility index (Phi) is 7.18. The van der Waals surface area contributed by atoms with E-state index < -0.39 is 0 Å². The van der Waals surface area contributed by atoms with Crippen LogP contribution in [0.2, 0.25) is 5.02 Å². The van der Waals surface area contributed by atoms with Crippen molar-refractivity contribution in [2.45, 2.75) is 26.5 Å². The fourth-order valence-electron chi connectivity index (χ4n) is 3.18. The van der Waals surface area contributed by atoms with Gasteiger partial charge in [-0.05, 0) is 62.2 Å². The summed E-state index contributed by atoms with van der Waals surface area (Å²) in [5, 5.41) is 4.84. The quantitative estimate of drug-likeness (QED) is 0.404. The Labute approximate surface area is 181 Å². The maximum atomic E-state index is 12.0. The highest BCUT2D eigenvalue weighted by molar-refractivity contribution is 7.99. The first-order valence-corrected chi connectivity index (χ1v) is 10.9. The van der Waals surface area contributed by atoms with Crippen LogP contribution in [0.25, 0.3) is 5.69 Å². The summed E-state index contributed by atoms with van der Waals surface area (Å²) < 4.78 is 2.19. The number of hydrogen-bond donors (Lipinski definition) is 1. The van der Waals surface area contributed by atoms with Gasteiger partial charge in [0.25, 0.3) is 0 Å². The molecule has 6 heteroatoms. The van der Waals surface area contributed by atoms with Crippen molar-refractivity contribution in [2.75, 3.05) is 5.75 Å². The number of carbonyl (C=O) groups excluding carboxylic acids is 1. The van der Waals surface area contributed by atoms with Crippen molar-refractivity contribution in [3.63, 3.8) is 0 Å². The zero-order valence-electron chi connectivity index (χ0n) is 16.8. The number of aromatic nitrogens is 1. The van der Waals surface area contributed by atoms with Gasteiger partial charge in [0.1, 0.15) is 0 Å². The van der Waals surface area contributed by atoms with E-state index in [0.29, 0.717) is 10.8 Å². The lowest BCUT2D eigenvalue weighted by atomic mass is 10.2. The van der Waals surface area contributed by atoms with Crippen LogP contribution in [-0.2, 0) is 10.5 Å². The van der Waals surface area contributed by atoms with E-state index in [4.69, 9.17) is 11.6 Å². The number of carbonyl (C=O) groups is 1. The third-order valence-corrected chi connectivity index (χ3v) is 5.75. The molecule has 0 saturated heterocycles. The van der Waals surface area contributed by atoms with Gasteiger partial charge in [-0.25, -0.2) is 5.43 Å². The maximum absolute atomic E-state index is 12.0. The van der Waals surface area contributed by atoms with Crippen molar-refractivity contribution in [1.29, 1.82) is 0 Å². The van der Waals surface area contributed by atoms with E-state index in [1.807, 2.05) is 24.3 Å². The van der Waals surface area contributed by atoms with Crippen molar-refractivity contribution in [3.05, 3.63) is 87.7 Å². The van der Waals surface area contributed by atoms with Gasteiger partial charge in [-0.15, -0.1) is 11.8 Å². The van der Waals surface area contributed by atoms with Crippen molar-refractivity contribution in [1.82, 2.24) is 9.99 Å². The first-order chi connectivity index (χ1) is 13.9. The molecule has 29 heavy (non-hydrogen) atoms. The second kappa shape index (κ2) is 9.81. The molecule has 0 aliphatic rings. The first-order valence-electron chi connectivity index (χ1n) is 9.34. The molecule has 0 bridgehead atoms. The second-order valence-electron chi connectivity index (χ2n) is 6.92. The predicted molar refractivity (Wildman–Crippen MR) is 123 cm³/mol. The lowest BCUT2D eigenvalue weighted by Crippen LogP contribution is -2.19. The summed E-state index contributed by atoms with van der Waals surface area (Å²) in [6.45, 7) is 6.21. The first kappa shape index (κ1) is 21.2. The minimum absolute atomic E-state index is 0.124. The molecule has 1 aromatic heterocycles. The summed E-state index contributed by atoms with van der Waals surface area (Å²) in [6, 6.07) is 18.1. The van der Waals surface area contributed by atoms with Gasteiger partial charge in [0.05, 0.1) is 12.0 Å². The average molecular weight is 426 g/mol. The molecule has 150 valence electrons. The molecule has 3 rings (SSSR count). The summed E-state index contributed by atoms with van der Waals surface area (Å²) in [5.41, 5.74) is 9.24. The molecule has 0 aliphatic carbocycles. The zero-order chi connectivity index (χ0) is 20.8. The van der Waals surface area contributed by atoms with Crippen LogP contribution in [0.3, 0.4) is 0 Å². The summed E-state index contributed by atoms with van der Waals surface area (Å²) in [7, 11) is 0. The van der Waals surface area contributed by atoms with Crippen LogP contribution in [0.1, 0.15) is 28.1 Å². The van der Waals surface area contributed by atoms with Gasteiger partial charge in [-0.3, -0.25) is 4.79 Å². The van der Waals surface area contributed by atoms with Crippen molar-refractivity contribution in [3.8, 4) is 5.69 Å². The van der Waals surface area contributed by atoms with E-state index in [0.717, 1.165) is 34.0 Å². The Morgan fingerprint density at radius 2 is 1.93 bits per heavy atom. The molecule has 0 radical (unpaired) electrons. The lowest BCUT2D eigenvalue weighted by molar-refractivity contribution is -0.118. The summed E-state index contributed by atoms with van der Waals surface area (Å²) in [5.74, 6) is 0.947. The number of aryl methyl sites for hydroxylation is 2. The number of rotatable bonds is 7. The SMILES string of the molecule is Cc1cccc(-n2c(C)cc(C=NNC(=O)CSCc3cccc(Cl)c3)c2C)c1. The minimum Gasteiger partial charge on any atom is -0.318 e. The van der Waals surface area contributed by atoms with Crippen molar-refractivity contribution < 1.29 is 4.79 Å². The Bertz CT molecular complexity index is 1040. The Morgan fingerprint density at radius 1 is 1.14 bits per heavy atom. The Balaban J connectivity index is 1.56. The number of benzene rings is 2. The number of nitrogens with one attached hydrogen (secondary N) is 1. The zero-order valence-corrected chi connectivity index (χ0v) is 18.3. The molecule has 0 unspecified atom stereocenters. The van der Waals surface area contributed by atoms with Gasteiger partial charge in [0.15, 0.2) is 0 Å². The number of hydrogen-bond acceptors (Lipinski definition) is 3. The smallest absolute Gasteiger partial charge is 0.250 e. The van der Waals surface area contributed by atoms with Crippen molar-refractivity contribution >= 4 is 35.5 Å². The molecular weight excluding hydrogens is 402 g/mol. The third-order valence-electron chi connectivity index (χ3n) is 4.51. The van der Waals surface area contributed by atoms with E-state index in [1.54, 1.807) is 6.21 Å². The molecular formula is C23H24ClN3OS. The number of halogens is 1. The van der Waals surface area contributed by atoms with Crippen LogP contribution < -0.4 is 5.43 Å². The lowest BCUT2D eigenvalue weighted by Gasteiger charge is -2.10. The van der Waals surface area contributed by atoms with Crippen LogP contribution in [0, 0.1) is 20.8 Å². The Hall–Kier alpha value is -2.50. The Morgan fingerprint density at radius 3 is 2.69 bits per heavy atom. The van der Waals surface area contributed by atoms with Crippen LogP contribution in [0.4, 0.5) is 0 Å². The highest BCUT2D eigenvalue weighted by atomic mass is 35.5. The molecule has 0 fully saturated rings. The molecule has 0 spiro atoms. The molecule has 1 amide bonds. The largest absolute Gasteiger partial charge is 0.318 e. The van der Waals surface area contributed by atoms with E-state index >= 15 is 0 Å². The molecule has 1 heterocycles. The second-order valence-corrected chi connectivity index (χ2v) is 8.34. The average Bonchev–Trinajstić information content (AvgIpc) is 2.95. The number of thioether (sulfide) groups is 1. The maximum Gasteiger partial charge on any atom is 0.250 e. The van der Waals surface area contributed by atoms with Crippen LogP contribution in [0.15, 0.2) is 59.7 Å². The van der Waals surface area contributed by atoms with Crippen LogP contribution in [-0.4, -0.2) is 22.4 Å². The molecule has 0 aliphatic heterocycles. The van der Waals surface area contributed by atoms with Gasteiger partial charge >= 0.3 is 0 Å². The number of nitrogens with zero attached hydrogens (tertiary/aromatic N) is 2. The molecule has 0 atom stereocenters. The van der Waals surface area contributed by atoms with Crippen LogP contribution in [0.5, 0.6) is 0 Å². The number of amides is 1. The van der Waals surface area contributed by atoms with Crippen molar-refractivity contribution in [2.24, 2.45) is 5.10 Å². The predicted octanol–water partition coefficient (Wildman–Crippen LogP) is 5.44. The fourth-order valence-corrected chi connectivity index (χ4v) is 4.16. The normalized spacial score (nSPS) is 11.2. The van der Waals surface area contributed by atoms with E-state index in [-0.39, 0.29) is 5.91 Å². The molecule has 2 aromatic carbocycles. The molecule has 3 aromatic rings. The fraction of sp³-hybridized carbons (Fsp3) is 0.217. The van der Waals surface area contributed by atoms with Gasteiger partial charge in [0.2, 0.25) is 5.91 Å². The standard InChI is InChI=1S/C23H24ClN3OS/c1-16-6-4-9-22(10-16)27-17(2)11-20(18(27)3)13-25-26-23(28)15-29-14-19-7-5-8-21(24)12-19/h4-13H,14-15H2,1-3H3,(H,26,28). The molecule has 1 N–H and O–H groups in total. The van der Waals surface area contributed by atoms with Gasteiger partial charge in [0, 0.05) is 33.4 Å². The van der Waals surface area contributed by atoms with Gasteiger partial charge < -0.3 is 4.57 Å². The molecule has 0 saturated carbocycles. The summed E-state index contributed by atoms with van der Waals surface area (Å²) in [6.07, 6.45) is 1.70. The highest BCUT2D eigenvalue weighted by Crippen LogP contribution is 2.20. The van der Waals surface area contributed by atoms with E-state index in [9.17, 15) is 4.79 Å². The van der Waals surface area contributed by atoms with Gasteiger partial charge in [-0.2, -0.15) is 5.10 Å². The number of hydrazone groups is 1. The third kappa shape index (κ3) is 5.75. The topological polar surface area (TPSA) is 46.4 Å². The summed E-state index contributed by atoms with van der Waals surface area (Å²) >= 11 is 7.51. The van der Waals surface area contributed by atoms with E-state index in [2.05, 4.69) is 66.2 Å². The minimum atomic E-state index is -0.124. The monoisotopic (exact) mass is 425 g/mol. The summed E-state index contributed by atoms with van der Waals surface area (Å²) in [4.78, 5) is 12.0. The van der Waals surface area contributed by atoms with Gasteiger partial charge in [-0.1, -0.05) is 35.9 Å². The molecule has 4 nitrogen and oxygen atoms in total. The van der Waals surface area contributed by atoms with E-state index in [1.165, 1.54) is 17.3 Å². The van der Waals surface area contributed by atoms with Crippen LogP contribution >= 0.6 is 23.4 Å².